The number of amides is 1. The van der Waals surface area contributed by atoms with Crippen LogP contribution in [-0.4, -0.2) is 22.5 Å². The van der Waals surface area contributed by atoms with Crippen LogP contribution in [0.4, 0.5) is 5.69 Å². The van der Waals surface area contributed by atoms with Crippen LogP contribution in [0.1, 0.15) is 30.6 Å². The van der Waals surface area contributed by atoms with Crippen LogP contribution in [-0.2, 0) is 4.79 Å². The zero-order chi connectivity index (χ0) is 13.1. The fourth-order valence-corrected chi connectivity index (χ4v) is 1.62. The summed E-state index contributed by atoms with van der Waals surface area (Å²) >= 11 is 0. The molecule has 5 heteroatoms. The topological polar surface area (TPSA) is 92.4 Å². The maximum Gasteiger partial charge on any atom is 0.337 e. The summed E-state index contributed by atoms with van der Waals surface area (Å²) in [6.07, 6.45) is 0.126. The summed E-state index contributed by atoms with van der Waals surface area (Å²) in [6.45, 7) is 3.58. The molecular weight excluding hydrogens is 220 g/mol. The zero-order valence-corrected chi connectivity index (χ0v) is 9.86. The first-order valence-corrected chi connectivity index (χ1v) is 5.20. The lowest BCUT2D eigenvalue weighted by Gasteiger charge is -2.26. The molecule has 17 heavy (non-hydrogen) atoms. The molecule has 0 aromatic heterocycles. The first kappa shape index (κ1) is 13.0. The Hall–Kier alpha value is -2.04. The molecule has 0 saturated carbocycles. The van der Waals surface area contributed by atoms with Gasteiger partial charge in [-0.1, -0.05) is 12.1 Å². The molecule has 0 spiro atoms. The molecule has 92 valence electrons. The highest BCUT2D eigenvalue weighted by atomic mass is 16.4. The van der Waals surface area contributed by atoms with Crippen molar-refractivity contribution in [1.29, 1.82) is 0 Å². The molecule has 0 aliphatic carbocycles. The first-order chi connectivity index (χ1) is 7.82. The fraction of sp³-hybridized carbons (Fsp3) is 0.333. The Balaban J connectivity index is 2.95. The summed E-state index contributed by atoms with van der Waals surface area (Å²) in [6, 6.07) is 6.54. The number of aromatic carboxylic acids is 1. The van der Waals surface area contributed by atoms with E-state index in [4.69, 9.17) is 10.8 Å². The standard InChI is InChI=1S/C12H16N2O3/c1-12(2,7-10(13)15)14-9-6-4-3-5-8(9)11(16)17/h3-6,14H,7H2,1-2H3,(H2,13,15)(H,16,17). The Morgan fingerprint density at radius 1 is 1.35 bits per heavy atom. The predicted octanol–water partition coefficient (Wildman–Crippen LogP) is 1.45. The normalized spacial score (nSPS) is 10.9. The van der Waals surface area contributed by atoms with Crippen molar-refractivity contribution in [2.24, 2.45) is 5.73 Å². The molecule has 0 radical (unpaired) electrons. The number of carboxylic acid groups (broad SMARTS) is 1. The Kier molecular flexibility index (Phi) is 3.73. The predicted molar refractivity (Wildman–Crippen MR) is 64.9 cm³/mol. The molecule has 4 N–H and O–H groups in total. The van der Waals surface area contributed by atoms with E-state index in [0.717, 1.165) is 0 Å². The molecule has 1 aromatic rings. The van der Waals surface area contributed by atoms with Crippen LogP contribution in [0.5, 0.6) is 0 Å². The van der Waals surface area contributed by atoms with Crippen molar-refractivity contribution >= 4 is 17.6 Å². The van der Waals surface area contributed by atoms with E-state index < -0.39 is 17.4 Å². The van der Waals surface area contributed by atoms with Gasteiger partial charge in [-0.2, -0.15) is 0 Å². The highest BCUT2D eigenvalue weighted by molar-refractivity contribution is 5.94. The summed E-state index contributed by atoms with van der Waals surface area (Å²) in [4.78, 5) is 21.9. The third kappa shape index (κ3) is 3.79. The van der Waals surface area contributed by atoms with Crippen LogP contribution in [0.3, 0.4) is 0 Å². The van der Waals surface area contributed by atoms with Gasteiger partial charge in [0.15, 0.2) is 0 Å². The third-order valence-electron chi connectivity index (χ3n) is 2.25. The van der Waals surface area contributed by atoms with Gasteiger partial charge in [-0.3, -0.25) is 4.79 Å². The molecule has 5 nitrogen and oxygen atoms in total. The SMILES string of the molecule is CC(C)(CC(N)=O)Nc1ccccc1C(=O)O. The minimum atomic E-state index is -1.01. The number of hydrogen-bond acceptors (Lipinski definition) is 3. The molecule has 0 fully saturated rings. The van der Waals surface area contributed by atoms with Gasteiger partial charge in [0.25, 0.3) is 0 Å². The Labute approximate surface area is 99.6 Å². The molecule has 0 saturated heterocycles. The van der Waals surface area contributed by atoms with E-state index in [1.165, 1.54) is 6.07 Å². The quantitative estimate of drug-likeness (QED) is 0.721. The number of nitrogens with one attached hydrogen (secondary N) is 1. The monoisotopic (exact) mass is 236 g/mol. The van der Waals surface area contributed by atoms with Crippen LogP contribution in [0.25, 0.3) is 0 Å². The summed E-state index contributed by atoms with van der Waals surface area (Å²) in [5, 5.41) is 12.0. The van der Waals surface area contributed by atoms with Crippen molar-refractivity contribution < 1.29 is 14.7 Å². The zero-order valence-electron chi connectivity index (χ0n) is 9.86. The average molecular weight is 236 g/mol. The van der Waals surface area contributed by atoms with E-state index in [9.17, 15) is 9.59 Å². The number of carbonyl (C=O) groups excluding carboxylic acids is 1. The number of carboxylic acids is 1. The molecule has 0 aliphatic heterocycles. The molecule has 0 bridgehead atoms. The molecule has 1 rings (SSSR count). The summed E-state index contributed by atoms with van der Waals surface area (Å²) in [7, 11) is 0. The number of anilines is 1. The minimum Gasteiger partial charge on any atom is -0.478 e. The number of benzene rings is 1. The molecular formula is C12H16N2O3. The van der Waals surface area contributed by atoms with Crippen LogP contribution in [0.2, 0.25) is 0 Å². The molecule has 0 aliphatic rings. The summed E-state index contributed by atoms with van der Waals surface area (Å²) in [5.74, 6) is -1.45. The minimum absolute atomic E-state index is 0.126. The van der Waals surface area contributed by atoms with Gasteiger partial charge in [0.1, 0.15) is 0 Å². The smallest absolute Gasteiger partial charge is 0.337 e. The number of para-hydroxylation sites is 1. The lowest BCUT2D eigenvalue weighted by molar-refractivity contribution is -0.118. The Bertz CT molecular complexity index is 441. The van der Waals surface area contributed by atoms with Crippen molar-refractivity contribution in [3.63, 3.8) is 0 Å². The van der Waals surface area contributed by atoms with Gasteiger partial charge in [0.2, 0.25) is 5.91 Å². The lowest BCUT2D eigenvalue weighted by Crippen LogP contribution is -2.36. The van der Waals surface area contributed by atoms with E-state index in [1.807, 2.05) is 0 Å². The van der Waals surface area contributed by atoms with Crippen LogP contribution >= 0.6 is 0 Å². The van der Waals surface area contributed by atoms with E-state index in [2.05, 4.69) is 5.32 Å². The van der Waals surface area contributed by atoms with E-state index in [1.54, 1.807) is 32.0 Å². The highest BCUT2D eigenvalue weighted by Crippen LogP contribution is 2.21. The molecule has 0 atom stereocenters. The van der Waals surface area contributed by atoms with E-state index in [0.29, 0.717) is 5.69 Å². The van der Waals surface area contributed by atoms with Gasteiger partial charge in [0, 0.05) is 17.6 Å². The summed E-state index contributed by atoms with van der Waals surface area (Å²) in [5.41, 5.74) is 5.20. The van der Waals surface area contributed by atoms with Crippen LogP contribution in [0.15, 0.2) is 24.3 Å². The molecule has 0 heterocycles. The highest BCUT2D eigenvalue weighted by Gasteiger charge is 2.22. The maximum atomic E-state index is 11.0. The Morgan fingerprint density at radius 3 is 2.47 bits per heavy atom. The Morgan fingerprint density at radius 2 is 1.94 bits per heavy atom. The second kappa shape index (κ2) is 4.86. The average Bonchev–Trinajstić information content (AvgIpc) is 2.14. The molecule has 1 amide bonds. The third-order valence-corrected chi connectivity index (χ3v) is 2.25. The molecule has 1 aromatic carbocycles. The second-order valence-corrected chi connectivity index (χ2v) is 4.50. The van der Waals surface area contributed by atoms with Crippen molar-refractivity contribution in [3.05, 3.63) is 29.8 Å². The number of primary amides is 1. The van der Waals surface area contributed by atoms with Crippen molar-refractivity contribution in [2.75, 3.05) is 5.32 Å². The second-order valence-electron chi connectivity index (χ2n) is 4.50. The maximum absolute atomic E-state index is 11.0. The largest absolute Gasteiger partial charge is 0.478 e. The first-order valence-electron chi connectivity index (χ1n) is 5.20. The molecule has 0 unspecified atom stereocenters. The van der Waals surface area contributed by atoms with E-state index >= 15 is 0 Å². The van der Waals surface area contributed by atoms with Crippen molar-refractivity contribution in [2.45, 2.75) is 25.8 Å². The number of hydrogen-bond donors (Lipinski definition) is 3. The fourth-order valence-electron chi connectivity index (χ4n) is 1.62. The van der Waals surface area contributed by atoms with Gasteiger partial charge < -0.3 is 16.2 Å². The number of rotatable bonds is 5. The van der Waals surface area contributed by atoms with Crippen molar-refractivity contribution in [1.82, 2.24) is 0 Å². The van der Waals surface area contributed by atoms with Gasteiger partial charge >= 0.3 is 5.97 Å². The number of nitrogens with two attached hydrogens (primary N) is 1. The van der Waals surface area contributed by atoms with Gasteiger partial charge in [0.05, 0.1) is 5.56 Å². The number of carbonyl (C=O) groups is 2. The van der Waals surface area contributed by atoms with Gasteiger partial charge in [-0.25, -0.2) is 4.79 Å². The van der Waals surface area contributed by atoms with Gasteiger partial charge in [-0.05, 0) is 26.0 Å². The summed E-state index contributed by atoms with van der Waals surface area (Å²) < 4.78 is 0. The van der Waals surface area contributed by atoms with E-state index in [-0.39, 0.29) is 12.0 Å². The van der Waals surface area contributed by atoms with Crippen molar-refractivity contribution in [3.8, 4) is 0 Å². The van der Waals surface area contributed by atoms with Crippen LogP contribution < -0.4 is 11.1 Å². The van der Waals surface area contributed by atoms with Gasteiger partial charge in [-0.15, -0.1) is 0 Å². The van der Waals surface area contributed by atoms with Crippen LogP contribution in [0, 0.1) is 0 Å². The lowest BCUT2D eigenvalue weighted by atomic mass is 9.99.